The largest absolute Gasteiger partial charge is 0.490 e. The molecule has 0 unspecified atom stereocenters. The lowest BCUT2D eigenvalue weighted by Gasteiger charge is -2.28. The lowest BCUT2D eigenvalue weighted by molar-refractivity contribution is 0.302. The third-order valence-electron chi connectivity index (χ3n) is 5.02. The van der Waals surface area contributed by atoms with Crippen LogP contribution in [0.1, 0.15) is 11.1 Å². The maximum absolute atomic E-state index is 12.9. The van der Waals surface area contributed by atoms with Crippen LogP contribution < -0.4 is 19.1 Å². The smallest absolute Gasteiger partial charge is 0.263 e. The molecule has 9 heteroatoms. The van der Waals surface area contributed by atoms with Crippen LogP contribution in [0.3, 0.4) is 0 Å². The predicted molar refractivity (Wildman–Crippen MR) is 121 cm³/mol. The van der Waals surface area contributed by atoms with Crippen molar-refractivity contribution in [2.45, 2.75) is 18.4 Å². The number of nitrogens with one attached hydrogen (secondary N) is 1. The molecule has 4 rings (SSSR count). The van der Waals surface area contributed by atoms with E-state index in [0.29, 0.717) is 22.9 Å². The van der Waals surface area contributed by atoms with E-state index < -0.39 is 10.0 Å². The quantitative estimate of drug-likeness (QED) is 0.593. The highest BCUT2D eigenvalue weighted by Crippen LogP contribution is 2.32. The first-order chi connectivity index (χ1) is 14.8. The molecule has 3 aromatic rings. The zero-order valence-corrected chi connectivity index (χ0v) is 18.7. The van der Waals surface area contributed by atoms with E-state index in [-0.39, 0.29) is 17.3 Å². The highest BCUT2D eigenvalue weighted by atomic mass is 35.5. The molecule has 2 heterocycles. The van der Waals surface area contributed by atoms with Gasteiger partial charge in [0, 0.05) is 18.3 Å². The first kappa shape index (κ1) is 21.3. The van der Waals surface area contributed by atoms with Crippen LogP contribution in [0.2, 0.25) is 5.02 Å². The summed E-state index contributed by atoms with van der Waals surface area (Å²) < 4.78 is 39.9. The van der Waals surface area contributed by atoms with Crippen molar-refractivity contribution in [3.05, 3.63) is 70.9 Å². The Kier molecular flexibility index (Phi) is 5.93. The molecular formula is C22H22ClN3O4S. The number of anilines is 2. The third-order valence-corrected chi connectivity index (χ3v) is 6.92. The molecule has 0 radical (unpaired) electrons. The minimum Gasteiger partial charge on any atom is -0.490 e. The second-order valence-electron chi connectivity index (χ2n) is 7.18. The van der Waals surface area contributed by atoms with Gasteiger partial charge in [0.15, 0.2) is 11.6 Å². The van der Waals surface area contributed by atoms with Gasteiger partial charge in [0.1, 0.15) is 19.0 Å². The van der Waals surface area contributed by atoms with Crippen molar-refractivity contribution in [1.82, 2.24) is 4.98 Å². The average Bonchev–Trinajstić information content (AvgIpc) is 2.75. The number of hydrogen-bond acceptors (Lipinski definition) is 6. The van der Waals surface area contributed by atoms with Gasteiger partial charge in [-0.05, 0) is 54.4 Å². The highest BCUT2D eigenvalue weighted by molar-refractivity contribution is 7.92. The Morgan fingerprint density at radius 3 is 2.90 bits per heavy atom. The van der Waals surface area contributed by atoms with Crippen LogP contribution in [0.4, 0.5) is 11.5 Å². The second-order valence-corrected chi connectivity index (χ2v) is 9.24. The highest BCUT2D eigenvalue weighted by Gasteiger charge is 2.21. The van der Waals surface area contributed by atoms with Crippen molar-refractivity contribution < 1.29 is 17.9 Å². The topological polar surface area (TPSA) is 80.8 Å². The fraction of sp³-hybridized carbons (Fsp3) is 0.227. The van der Waals surface area contributed by atoms with Crippen molar-refractivity contribution in [3.63, 3.8) is 0 Å². The Morgan fingerprint density at radius 2 is 2.06 bits per heavy atom. The number of nitrogens with zero attached hydrogens (tertiary/aromatic N) is 2. The maximum atomic E-state index is 12.9. The number of likely N-dealkylation sites (N-methyl/N-ethyl adjacent to an activating group) is 1. The number of benzene rings is 2. The summed E-state index contributed by atoms with van der Waals surface area (Å²) in [7, 11) is -1.88. The summed E-state index contributed by atoms with van der Waals surface area (Å²) in [5.41, 5.74) is 2.39. The van der Waals surface area contributed by atoms with E-state index >= 15 is 0 Å². The molecule has 1 aromatic heterocycles. The fourth-order valence-corrected chi connectivity index (χ4v) is 4.81. The minimum absolute atomic E-state index is 0.0920. The van der Waals surface area contributed by atoms with E-state index in [1.165, 1.54) is 12.3 Å². The number of hydrogen-bond donors (Lipinski definition) is 1. The van der Waals surface area contributed by atoms with Crippen LogP contribution in [-0.2, 0) is 16.6 Å². The van der Waals surface area contributed by atoms with Gasteiger partial charge in [-0.3, -0.25) is 4.72 Å². The molecule has 0 atom stereocenters. The van der Waals surface area contributed by atoms with Crippen LogP contribution in [0.15, 0.2) is 59.6 Å². The van der Waals surface area contributed by atoms with E-state index in [0.717, 1.165) is 23.5 Å². The fourth-order valence-electron chi connectivity index (χ4n) is 3.29. The number of fused-ring (bicyclic) bond motifs is 1. The summed E-state index contributed by atoms with van der Waals surface area (Å²) in [6.07, 6.45) is 1.50. The van der Waals surface area contributed by atoms with E-state index in [9.17, 15) is 8.42 Å². The Hall–Kier alpha value is -2.97. The normalized spacial score (nSPS) is 13.3. The second kappa shape index (κ2) is 8.64. The minimum atomic E-state index is -3.89. The number of pyridine rings is 1. The van der Waals surface area contributed by atoms with Crippen LogP contribution in [0.5, 0.6) is 11.5 Å². The molecule has 1 aliphatic rings. The zero-order valence-electron chi connectivity index (χ0n) is 17.1. The number of sulfonamides is 1. The van der Waals surface area contributed by atoms with Gasteiger partial charge >= 0.3 is 0 Å². The summed E-state index contributed by atoms with van der Waals surface area (Å²) in [6.45, 7) is 3.38. The molecule has 2 aromatic carbocycles. The SMILES string of the molecule is Cc1c(Cl)cccc1S(=O)(=O)Nc1ncccc1OCc1ccc2c(c1)N(C)CCO2. The summed E-state index contributed by atoms with van der Waals surface area (Å²) in [5.74, 6) is 1.28. The number of halogens is 1. The summed E-state index contributed by atoms with van der Waals surface area (Å²) in [5, 5.41) is 0.377. The molecular weight excluding hydrogens is 438 g/mol. The molecule has 0 fully saturated rings. The van der Waals surface area contributed by atoms with Crippen LogP contribution >= 0.6 is 11.6 Å². The molecule has 0 amide bonds. The van der Waals surface area contributed by atoms with Gasteiger partial charge in [0.05, 0.1) is 17.1 Å². The average molecular weight is 460 g/mol. The molecule has 0 saturated carbocycles. The van der Waals surface area contributed by atoms with Crippen molar-refractivity contribution >= 4 is 33.1 Å². The lowest BCUT2D eigenvalue weighted by Crippen LogP contribution is -2.28. The Balaban J connectivity index is 1.54. The monoisotopic (exact) mass is 459 g/mol. The summed E-state index contributed by atoms with van der Waals surface area (Å²) >= 11 is 6.09. The van der Waals surface area contributed by atoms with Gasteiger partial charge in [-0.15, -0.1) is 0 Å². The van der Waals surface area contributed by atoms with Crippen molar-refractivity contribution in [3.8, 4) is 11.5 Å². The molecule has 0 bridgehead atoms. The summed E-state index contributed by atoms with van der Waals surface area (Å²) in [4.78, 5) is 6.38. The van der Waals surface area contributed by atoms with Crippen molar-refractivity contribution in [1.29, 1.82) is 0 Å². The van der Waals surface area contributed by atoms with E-state index in [1.807, 2.05) is 25.2 Å². The molecule has 31 heavy (non-hydrogen) atoms. The predicted octanol–water partition coefficient (Wildman–Crippen LogP) is 4.25. The van der Waals surface area contributed by atoms with E-state index in [1.54, 1.807) is 31.2 Å². The van der Waals surface area contributed by atoms with Gasteiger partial charge in [-0.25, -0.2) is 13.4 Å². The lowest BCUT2D eigenvalue weighted by atomic mass is 10.1. The van der Waals surface area contributed by atoms with Crippen LogP contribution in [-0.4, -0.2) is 33.6 Å². The third kappa shape index (κ3) is 4.55. The van der Waals surface area contributed by atoms with Gasteiger partial charge in [0.2, 0.25) is 0 Å². The standard InChI is InChI=1S/C22H22ClN3O4S/c1-15-17(23)5-3-7-21(15)31(27,28)25-22-20(6-4-10-24-22)30-14-16-8-9-19-18(13-16)26(2)11-12-29-19/h3-10,13H,11-12,14H2,1-2H3,(H,24,25). The first-order valence-electron chi connectivity index (χ1n) is 9.68. The van der Waals surface area contributed by atoms with E-state index in [4.69, 9.17) is 21.1 Å². The number of ether oxygens (including phenoxy) is 2. The molecule has 0 saturated heterocycles. The molecule has 162 valence electrons. The molecule has 0 spiro atoms. The Morgan fingerprint density at radius 1 is 1.23 bits per heavy atom. The van der Waals surface area contributed by atoms with Gasteiger partial charge in [-0.1, -0.05) is 23.7 Å². The van der Waals surface area contributed by atoms with Gasteiger partial charge < -0.3 is 14.4 Å². The molecule has 7 nitrogen and oxygen atoms in total. The molecule has 0 aliphatic carbocycles. The van der Waals surface area contributed by atoms with Gasteiger partial charge in [0.25, 0.3) is 10.0 Å². The maximum Gasteiger partial charge on any atom is 0.263 e. The molecule has 1 N–H and O–H groups in total. The van der Waals surface area contributed by atoms with Crippen LogP contribution in [0, 0.1) is 6.92 Å². The van der Waals surface area contributed by atoms with E-state index in [2.05, 4.69) is 14.6 Å². The number of rotatable bonds is 6. The molecule has 1 aliphatic heterocycles. The van der Waals surface area contributed by atoms with Gasteiger partial charge in [-0.2, -0.15) is 0 Å². The Bertz CT molecular complexity index is 1220. The zero-order chi connectivity index (χ0) is 22.0. The number of aromatic nitrogens is 1. The van der Waals surface area contributed by atoms with Crippen molar-refractivity contribution in [2.24, 2.45) is 0 Å². The first-order valence-corrected chi connectivity index (χ1v) is 11.5. The Labute approximate surface area is 186 Å². The van der Waals surface area contributed by atoms with Crippen LogP contribution in [0.25, 0.3) is 0 Å². The summed E-state index contributed by atoms with van der Waals surface area (Å²) in [6, 6.07) is 13.9. The van der Waals surface area contributed by atoms with Crippen molar-refractivity contribution in [2.75, 3.05) is 29.8 Å².